The van der Waals surface area contributed by atoms with Gasteiger partial charge in [-0.15, -0.1) is 0 Å². The molecule has 11 heavy (non-hydrogen) atoms. The zero-order chi connectivity index (χ0) is 7.68. The third-order valence-corrected chi connectivity index (χ3v) is 2.34. The first-order valence-corrected chi connectivity index (χ1v) is 4.38. The lowest BCUT2D eigenvalue weighted by atomic mass is 10.4. The standard InChI is InChI=1S/C8H14N2O/c11-8-6-9-4-1-5-10(8)7-2-3-7/h7,9H,1-6H2. The molecule has 1 aliphatic heterocycles. The molecule has 1 heterocycles. The summed E-state index contributed by atoms with van der Waals surface area (Å²) in [4.78, 5) is 13.4. The van der Waals surface area contributed by atoms with E-state index in [0.29, 0.717) is 18.5 Å². The Morgan fingerprint density at radius 3 is 3.00 bits per heavy atom. The highest BCUT2D eigenvalue weighted by Crippen LogP contribution is 2.27. The lowest BCUT2D eigenvalue weighted by Gasteiger charge is -2.18. The Labute approximate surface area is 66.8 Å². The Hall–Kier alpha value is -0.570. The van der Waals surface area contributed by atoms with E-state index in [0.717, 1.165) is 19.5 Å². The SMILES string of the molecule is O=C1CNCCCN1C1CC1. The fourth-order valence-electron chi connectivity index (χ4n) is 1.57. The van der Waals surface area contributed by atoms with Crippen LogP contribution in [0.25, 0.3) is 0 Å². The topological polar surface area (TPSA) is 32.3 Å². The molecule has 0 aromatic carbocycles. The molecule has 1 N–H and O–H groups in total. The first-order valence-electron chi connectivity index (χ1n) is 4.38. The first-order chi connectivity index (χ1) is 5.38. The lowest BCUT2D eigenvalue weighted by molar-refractivity contribution is -0.130. The van der Waals surface area contributed by atoms with E-state index in [1.54, 1.807) is 0 Å². The van der Waals surface area contributed by atoms with Crippen LogP contribution in [0, 0.1) is 0 Å². The van der Waals surface area contributed by atoms with Gasteiger partial charge in [0.15, 0.2) is 0 Å². The largest absolute Gasteiger partial charge is 0.339 e. The fraction of sp³-hybridized carbons (Fsp3) is 0.875. The van der Waals surface area contributed by atoms with Crippen LogP contribution in [0.2, 0.25) is 0 Å². The van der Waals surface area contributed by atoms with Crippen molar-refractivity contribution in [1.29, 1.82) is 0 Å². The highest BCUT2D eigenvalue weighted by Gasteiger charge is 2.32. The number of carbonyl (C=O) groups excluding carboxylic acids is 1. The first kappa shape index (κ1) is 7.10. The van der Waals surface area contributed by atoms with E-state index < -0.39 is 0 Å². The van der Waals surface area contributed by atoms with Gasteiger partial charge in [-0.1, -0.05) is 0 Å². The van der Waals surface area contributed by atoms with Crippen LogP contribution in [0.3, 0.4) is 0 Å². The van der Waals surface area contributed by atoms with Crippen molar-refractivity contribution in [3.05, 3.63) is 0 Å². The molecule has 0 unspecified atom stereocenters. The van der Waals surface area contributed by atoms with Crippen molar-refractivity contribution >= 4 is 5.91 Å². The van der Waals surface area contributed by atoms with Gasteiger partial charge in [-0.3, -0.25) is 4.79 Å². The molecule has 1 saturated carbocycles. The molecular formula is C8H14N2O. The molecule has 0 bridgehead atoms. The molecule has 2 aliphatic rings. The van der Waals surface area contributed by atoms with E-state index in [4.69, 9.17) is 0 Å². The molecule has 3 heteroatoms. The van der Waals surface area contributed by atoms with Crippen LogP contribution in [0.1, 0.15) is 19.3 Å². The van der Waals surface area contributed by atoms with Crippen molar-refractivity contribution in [3.63, 3.8) is 0 Å². The number of hydrogen-bond donors (Lipinski definition) is 1. The minimum Gasteiger partial charge on any atom is -0.339 e. The highest BCUT2D eigenvalue weighted by molar-refractivity contribution is 5.79. The zero-order valence-corrected chi connectivity index (χ0v) is 6.68. The molecule has 1 saturated heterocycles. The third-order valence-electron chi connectivity index (χ3n) is 2.34. The predicted molar refractivity (Wildman–Crippen MR) is 42.2 cm³/mol. The summed E-state index contributed by atoms with van der Waals surface area (Å²) < 4.78 is 0. The molecule has 0 spiro atoms. The average molecular weight is 154 g/mol. The van der Waals surface area contributed by atoms with Gasteiger partial charge in [-0.2, -0.15) is 0 Å². The number of nitrogens with zero attached hydrogens (tertiary/aromatic N) is 1. The summed E-state index contributed by atoms with van der Waals surface area (Å²) >= 11 is 0. The molecule has 2 fully saturated rings. The smallest absolute Gasteiger partial charge is 0.236 e. The molecule has 0 radical (unpaired) electrons. The minimum absolute atomic E-state index is 0.296. The molecule has 1 amide bonds. The van der Waals surface area contributed by atoms with Crippen LogP contribution in [0.15, 0.2) is 0 Å². The Balaban J connectivity index is 1.97. The van der Waals surface area contributed by atoms with Crippen molar-refractivity contribution in [2.45, 2.75) is 25.3 Å². The normalized spacial score (nSPS) is 26.9. The van der Waals surface area contributed by atoms with Gasteiger partial charge in [0.2, 0.25) is 5.91 Å². The van der Waals surface area contributed by atoms with Gasteiger partial charge in [0, 0.05) is 12.6 Å². The number of nitrogens with one attached hydrogen (secondary N) is 1. The maximum atomic E-state index is 11.4. The van der Waals surface area contributed by atoms with Gasteiger partial charge in [-0.05, 0) is 25.8 Å². The van der Waals surface area contributed by atoms with E-state index in [1.807, 2.05) is 4.90 Å². The Morgan fingerprint density at radius 1 is 1.45 bits per heavy atom. The van der Waals surface area contributed by atoms with Gasteiger partial charge in [-0.25, -0.2) is 0 Å². The molecule has 62 valence electrons. The number of amides is 1. The Morgan fingerprint density at radius 2 is 2.27 bits per heavy atom. The zero-order valence-electron chi connectivity index (χ0n) is 6.68. The molecular weight excluding hydrogens is 140 g/mol. The van der Waals surface area contributed by atoms with Crippen molar-refractivity contribution in [1.82, 2.24) is 10.2 Å². The predicted octanol–water partition coefficient (Wildman–Crippen LogP) is -0.0293. The summed E-state index contributed by atoms with van der Waals surface area (Å²) in [6, 6.07) is 0.599. The quantitative estimate of drug-likeness (QED) is 0.575. The summed E-state index contributed by atoms with van der Waals surface area (Å²) in [5.41, 5.74) is 0. The van der Waals surface area contributed by atoms with Gasteiger partial charge >= 0.3 is 0 Å². The van der Waals surface area contributed by atoms with Crippen molar-refractivity contribution < 1.29 is 4.79 Å². The maximum Gasteiger partial charge on any atom is 0.236 e. The number of rotatable bonds is 1. The summed E-state index contributed by atoms with van der Waals surface area (Å²) in [5, 5.41) is 3.12. The summed E-state index contributed by atoms with van der Waals surface area (Å²) in [6.07, 6.45) is 3.57. The number of carbonyl (C=O) groups is 1. The molecule has 3 nitrogen and oxygen atoms in total. The third kappa shape index (κ3) is 1.53. The minimum atomic E-state index is 0.296. The van der Waals surface area contributed by atoms with E-state index in [-0.39, 0.29) is 0 Å². The van der Waals surface area contributed by atoms with Gasteiger partial charge < -0.3 is 10.2 Å². The van der Waals surface area contributed by atoms with E-state index in [1.165, 1.54) is 12.8 Å². The molecule has 0 atom stereocenters. The van der Waals surface area contributed by atoms with E-state index in [9.17, 15) is 4.79 Å². The second-order valence-electron chi connectivity index (χ2n) is 3.35. The van der Waals surface area contributed by atoms with Crippen LogP contribution in [0.5, 0.6) is 0 Å². The number of hydrogen-bond acceptors (Lipinski definition) is 2. The van der Waals surface area contributed by atoms with Gasteiger partial charge in [0.25, 0.3) is 0 Å². The monoisotopic (exact) mass is 154 g/mol. The van der Waals surface area contributed by atoms with Crippen molar-refractivity contribution in [2.75, 3.05) is 19.6 Å². The molecule has 0 aromatic heterocycles. The fourth-order valence-corrected chi connectivity index (χ4v) is 1.57. The molecule has 1 aliphatic carbocycles. The molecule has 2 rings (SSSR count). The van der Waals surface area contributed by atoms with Gasteiger partial charge in [0.05, 0.1) is 6.54 Å². The van der Waals surface area contributed by atoms with Crippen molar-refractivity contribution in [3.8, 4) is 0 Å². The van der Waals surface area contributed by atoms with Crippen LogP contribution in [-0.2, 0) is 4.79 Å². The van der Waals surface area contributed by atoms with Crippen LogP contribution in [-0.4, -0.2) is 36.5 Å². The van der Waals surface area contributed by atoms with Crippen LogP contribution >= 0.6 is 0 Å². The van der Waals surface area contributed by atoms with E-state index >= 15 is 0 Å². The summed E-state index contributed by atoms with van der Waals surface area (Å²) in [6.45, 7) is 2.52. The second-order valence-corrected chi connectivity index (χ2v) is 3.35. The van der Waals surface area contributed by atoms with Crippen molar-refractivity contribution in [2.24, 2.45) is 0 Å². The summed E-state index contributed by atoms with van der Waals surface area (Å²) in [7, 11) is 0. The second kappa shape index (κ2) is 2.81. The maximum absolute atomic E-state index is 11.4. The van der Waals surface area contributed by atoms with Crippen LogP contribution in [0.4, 0.5) is 0 Å². The highest BCUT2D eigenvalue weighted by atomic mass is 16.2. The lowest BCUT2D eigenvalue weighted by Crippen LogP contribution is -2.36. The van der Waals surface area contributed by atoms with E-state index in [2.05, 4.69) is 5.32 Å². The Kier molecular flexibility index (Phi) is 1.82. The molecule has 0 aromatic rings. The average Bonchev–Trinajstić information content (AvgIpc) is 2.74. The van der Waals surface area contributed by atoms with Crippen LogP contribution < -0.4 is 5.32 Å². The van der Waals surface area contributed by atoms with Gasteiger partial charge in [0.1, 0.15) is 0 Å². The Bertz CT molecular complexity index is 165. The summed E-state index contributed by atoms with van der Waals surface area (Å²) in [5.74, 6) is 0.296.